The van der Waals surface area contributed by atoms with Crippen molar-refractivity contribution in [2.24, 2.45) is 0 Å². The van der Waals surface area contributed by atoms with E-state index in [1.165, 1.54) is 0 Å². The molecule has 1 heterocycles. The molecule has 0 aliphatic rings. The average Bonchev–Trinajstić information content (AvgIpc) is 2.03. The number of nitrogens with two attached hydrogens (primary N) is 1. The molecule has 0 atom stereocenters. The maximum absolute atomic E-state index is 5.70. The molecular formula is C9H13N3. The van der Waals surface area contributed by atoms with Gasteiger partial charge >= 0.3 is 0 Å². The van der Waals surface area contributed by atoms with E-state index in [-0.39, 0.29) is 0 Å². The molecule has 0 fully saturated rings. The highest BCUT2D eigenvalue weighted by atomic mass is 15.0. The number of nitrogens with zero attached hydrogens (tertiary/aromatic N) is 1. The van der Waals surface area contributed by atoms with Crippen LogP contribution < -0.4 is 11.1 Å². The minimum Gasteiger partial charge on any atom is -0.396 e. The minimum absolute atomic E-state index is 0.678. The van der Waals surface area contributed by atoms with Crippen LogP contribution in [0.25, 0.3) is 0 Å². The van der Waals surface area contributed by atoms with Crippen LogP contribution in [-0.2, 0) is 0 Å². The number of anilines is 2. The molecule has 0 spiro atoms. The molecule has 0 unspecified atom stereocenters. The number of rotatable bonds is 3. The van der Waals surface area contributed by atoms with Crippen molar-refractivity contribution in [1.29, 1.82) is 0 Å². The number of nitrogens with one attached hydrogen (secondary N) is 1. The zero-order valence-corrected chi connectivity index (χ0v) is 7.17. The lowest BCUT2D eigenvalue weighted by Crippen LogP contribution is -2.03. The molecule has 0 aromatic carbocycles. The first-order chi connectivity index (χ1) is 5.74. The van der Waals surface area contributed by atoms with Crippen molar-refractivity contribution < 1.29 is 0 Å². The molecule has 0 aliphatic heterocycles. The van der Waals surface area contributed by atoms with Gasteiger partial charge in [-0.25, -0.2) is 4.98 Å². The second-order valence-electron chi connectivity index (χ2n) is 2.62. The Morgan fingerprint density at radius 3 is 3.08 bits per heavy atom. The third-order valence-electron chi connectivity index (χ3n) is 1.47. The summed E-state index contributed by atoms with van der Waals surface area (Å²) >= 11 is 0. The molecule has 0 bridgehead atoms. The van der Waals surface area contributed by atoms with Gasteiger partial charge in [-0.05, 0) is 18.6 Å². The Morgan fingerprint density at radius 1 is 1.75 bits per heavy atom. The highest BCUT2D eigenvalue weighted by molar-refractivity contribution is 5.61. The van der Waals surface area contributed by atoms with E-state index < -0.39 is 0 Å². The lowest BCUT2D eigenvalue weighted by Gasteiger charge is -2.05. The van der Waals surface area contributed by atoms with Gasteiger partial charge in [-0.2, -0.15) is 0 Å². The quantitative estimate of drug-likeness (QED) is 0.665. The van der Waals surface area contributed by atoms with E-state index >= 15 is 0 Å². The number of pyridine rings is 1. The summed E-state index contributed by atoms with van der Waals surface area (Å²) in [5, 5.41) is 3.04. The predicted molar refractivity (Wildman–Crippen MR) is 52.1 cm³/mol. The molecule has 1 aromatic heterocycles. The molecule has 3 nitrogen and oxygen atoms in total. The molecule has 0 saturated carbocycles. The Labute approximate surface area is 72.3 Å². The first-order valence-corrected chi connectivity index (χ1v) is 3.81. The molecule has 0 aliphatic carbocycles. The van der Waals surface area contributed by atoms with Gasteiger partial charge in [-0.1, -0.05) is 6.08 Å². The van der Waals surface area contributed by atoms with Crippen LogP contribution in [0.3, 0.4) is 0 Å². The van der Waals surface area contributed by atoms with Gasteiger partial charge in [-0.3, -0.25) is 0 Å². The molecule has 64 valence electrons. The molecule has 1 rings (SSSR count). The Bertz CT molecular complexity index is 281. The van der Waals surface area contributed by atoms with E-state index in [9.17, 15) is 0 Å². The van der Waals surface area contributed by atoms with E-state index in [1.807, 2.05) is 13.0 Å². The van der Waals surface area contributed by atoms with Crippen LogP contribution in [0.2, 0.25) is 0 Å². The summed E-state index contributed by atoms with van der Waals surface area (Å²) in [5.74, 6) is 0.723. The lowest BCUT2D eigenvalue weighted by atomic mass is 10.3. The number of aryl methyl sites for hydroxylation is 1. The van der Waals surface area contributed by atoms with Crippen LogP contribution in [-0.4, -0.2) is 11.5 Å². The summed E-state index contributed by atoms with van der Waals surface area (Å²) < 4.78 is 0. The van der Waals surface area contributed by atoms with Gasteiger partial charge in [0.05, 0.1) is 5.69 Å². The van der Waals surface area contributed by atoms with Gasteiger partial charge in [0.25, 0.3) is 0 Å². The van der Waals surface area contributed by atoms with Crippen molar-refractivity contribution in [1.82, 2.24) is 4.98 Å². The van der Waals surface area contributed by atoms with Crippen LogP contribution in [0.4, 0.5) is 11.5 Å². The fraction of sp³-hybridized carbons (Fsp3) is 0.222. The second kappa shape index (κ2) is 3.76. The smallest absolute Gasteiger partial charge is 0.149 e. The fourth-order valence-electron chi connectivity index (χ4n) is 0.908. The van der Waals surface area contributed by atoms with Gasteiger partial charge < -0.3 is 11.1 Å². The van der Waals surface area contributed by atoms with E-state index in [2.05, 4.69) is 16.9 Å². The first kappa shape index (κ1) is 8.59. The standard InChI is InChI=1S/C9H13N3/c1-3-4-11-9-8(10)5-7(2)6-12-9/h3,5-6H,1,4,10H2,2H3,(H,11,12). The van der Waals surface area contributed by atoms with Gasteiger partial charge in [0.1, 0.15) is 5.82 Å². The summed E-state index contributed by atoms with van der Waals surface area (Å²) in [5.41, 5.74) is 7.45. The van der Waals surface area contributed by atoms with Crippen molar-refractivity contribution in [3.63, 3.8) is 0 Å². The maximum atomic E-state index is 5.70. The summed E-state index contributed by atoms with van der Waals surface area (Å²) in [6, 6.07) is 1.89. The van der Waals surface area contributed by atoms with Crippen molar-refractivity contribution >= 4 is 11.5 Å². The Kier molecular flexibility index (Phi) is 2.69. The SMILES string of the molecule is C=CCNc1ncc(C)cc1N. The third kappa shape index (κ3) is 1.99. The number of nitrogen functional groups attached to an aromatic ring is 1. The molecule has 3 N–H and O–H groups in total. The molecule has 1 aromatic rings. The molecule has 0 amide bonds. The van der Waals surface area contributed by atoms with Crippen LogP contribution in [0.15, 0.2) is 24.9 Å². The highest BCUT2D eigenvalue weighted by Gasteiger charge is 1.97. The summed E-state index contributed by atoms with van der Waals surface area (Å²) in [4.78, 5) is 4.13. The molecular weight excluding hydrogens is 150 g/mol. The summed E-state index contributed by atoms with van der Waals surface area (Å²) in [7, 11) is 0. The largest absolute Gasteiger partial charge is 0.396 e. The Hall–Kier alpha value is -1.51. The second-order valence-corrected chi connectivity index (χ2v) is 2.62. The van der Waals surface area contributed by atoms with Crippen LogP contribution in [0.5, 0.6) is 0 Å². The van der Waals surface area contributed by atoms with Crippen molar-refractivity contribution in [3.8, 4) is 0 Å². The van der Waals surface area contributed by atoms with E-state index in [1.54, 1.807) is 12.3 Å². The van der Waals surface area contributed by atoms with E-state index in [0.717, 1.165) is 11.4 Å². The van der Waals surface area contributed by atoms with E-state index in [4.69, 9.17) is 5.73 Å². The Morgan fingerprint density at radius 2 is 2.50 bits per heavy atom. The zero-order valence-electron chi connectivity index (χ0n) is 7.17. The fourth-order valence-corrected chi connectivity index (χ4v) is 0.908. The van der Waals surface area contributed by atoms with Gasteiger partial charge in [0.15, 0.2) is 0 Å². The first-order valence-electron chi connectivity index (χ1n) is 3.81. The minimum atomic E-state index is 0.678. The van der Waals surface area contributed by atoms with Gasteiger partial charge in [-0.15, -0.1) is 6.58 Å². The normalized spacial score (nSPS) is 9.42. The molecule has 0 radical (unpaired) electrons. The van der Waals surface area contributed by atoms with Crippen molar-refractivity contribution in [3.05, 3.63) is 30.5 Å². The number of hydrogen-bond donors (Lipinski definition) is 2. The average molecular weight is 163 g/mol. The summed E-state index contributed by atoms with van der Waals surface area (Å²) in [6.45, 7) is 6.23. The number of hydrogen-bond acceptors (Lipinski definition) is 3. The zero-order chi connectivity index (χ0) is 8.97. The summed E-state index contributed by atoms with van der Waals surface area (Å²) in [6.07, 6.45) is 3.54. The van der Waals surface area contributed by atoms with Gasteiger partial charge in [0.2, 0.25) is 0 Å². The number of aromatic nitrogens is 1. The lowest BCUT2D eigenvalue weighted by molar-refractivity contribution is 1.21. The monoisotopic (exact) mass is 163 g/mol. The molecule has 3 heteroatoms. The van der Waals surface area contributed by atoms with E-state index in [0.29, 0.717) is 12.2 Å². The predicted octanol–water partition coefficient (Wildman–Crippen LogP) is 1.57. The van der Waals surface area contributed by atoms with Crippen LogP contribution in [0.1, 0.15) is 5.56 Å². The molecule has 0 saturated heterocycles. The highest BCUT2D eigenvalue weighted by Crippen LogP contribution is 2.14. The van der Waals surface area contributed by atoms with Crippen molar-refractivity contribution in [2.75, 3.05) is 17.6 Å². The van der Waals surface area contributed by atoms with Crippen LogP contribution in [0, 0.1) is 6.92 Å². The molecule has 12 heavy (non-hydrogen) atoms. The van der Waals surface area contributed by atoms with Crippen molar-refractivity contribution in [2.45, 2.75) is 6.92 Å². The third-order valence-corrected chi connectivity index (χ3v) is 1.47. The topological polar surface area (TPSA) is 50.9 Å². The van der Waals surface area contributed by atoms with Crippen LogP contribution >= 0.6 is 0 Å². The Balaban J connectivity index is 2.78. The van der Waals surface area contributed by atoms with Gasteiger partial charge in [0, 0.05) is 12.7 Å². The maximum Gasteiger partial charge on any atom is 0.149 e.